The third-order valence-electron chi connectivity index (χ3n) is 3.81. The zero-order chi connectivity index (χ0) is 18.6. The second kappa shape index (κ2) is 8.04. The standard InChI is InChI=1S/C19H25BrN2O3/c1-14(13-15-5-7-16(20)8-6-15)17(23)21-9-11-22(12-10-21)18(24)25-19(2,3)4/h5-8,13H,9-12H2,1-4H3/b14-13+. The Morgan fingerprint density at radius 2 is 1.56 bits per heavy atom. The molecule has 0 unspecified atom stereocenters. The summed E-state index contributed by atoms with van der Waals surface area (Å²) in [6.07, 6.45) is 1.57. The lowest BCUT2D eigenvalue weighted by Crippen LogP contribution is -2.51. The van der Waals surface area contributed by atoms with Crippen LogP contribution in [-0.4, -0.2) is 53.6 Å². The van der Waals surface area contributed by atoms with Gasteiger partial charge in [0, 0.05) is 36.2 Å². The molecular weight excluding hydrogens is 384 g/mol. The lowest BCUT2D eigenvalue weighted by molar-refractivity contribution is -0.128. The number of halogens is 1. The maximum Gasteiger partial charge on any atom is 0.410 e. The number of benzene rings is 1. The summed E-state index contributed by atoms with van der Waals surface area (Å²) in [4.78, 5) is 28.1. The van der Waals surface area contributed by atoms with E-state index in [1.807, 2.05) is 58.0 Å². The van der Waals surface area contributed by atoms with E-state index < -0.39 is 5.60 Å². The Bertz CT molecular complexity index is 654. The fraction of sp³-hybridized carbons (Fsp3) is 0.474. The molecule has 2 rings (SSSR count). The van der Waals surface area contributed by atoms with Crippen LogP contribution in [0, 0.1) is 0 Å². The molecule has 136 valence electrons. The van der Waals surface area contributed by atoms with Crippen LogP contribution < -0.4 is 0 Å². The van der Waals surface area contributed by atoms with Gasteiger partial charge in [0.1, 0.15) is 5.60 Å². The SMILES string of the molecule is C/C(=C\c1ccc(Br)cc1)C(=O)N1CCN(C(=O)OC(C)(C)C)CC1. The van der Waals surface area contributed by atoms with Crippen molar-refractivity contribution >= 4 is 34.0 Å². The number of carbonyl (C=O) groups is 2. The normalized spacial score (nSPS) is 16.0. The van der Waals surface area contributed by atoms with Crippen molar-refractivity contribution in [1.29, 1.82) is 0 Å². The maximum absolute atomic E-state index is 12.6. The summed E-state index contributed by atoms with van der Waals surface area (Å²) < 4.78 is 6.38. The zero-order valence-corrected chi connectivity index (χ0v) is 16.8. The van der Waals surface area contributed by atoms with Crippen molar-refractivity contribution in [2.45, 2.75) is 33.3 Å². The smallest absolute Gasteiger partial charge is 0.410 e. The minimum atomic E-state index is -0.506. The molecule has 0 atom stereocenters. The molecule has 0 aromatic heterocycles. The quantitative estimate of drug-likeness (QED) is 0.696. The third-order valence-corrected chi connectivity index (χ3v) is 4.34. The fourth-order valence-corrected chi connectivity index (χ4v) is 2.80. The molecule has 5 nitrogen and oxygen atoms in total. The number of nitrogens with zero attached hydrogens (tertiary/aromatic N) is 2. The molecule has 1 fully saturated rings. The first-order chi connectivity index (χ1) is 11.7. The monoisotopic (exact) mass is 408 g/mol. The van der Waals surface area contributed by atoms with E-state index in [-0.39, 0.29) is 12.0 Å². The van der Waals surface area contributed by atoms with E-state index in [0.29, 0.717) is 31.8 Å². The minimum Gasteiger partial charge on any atom is -0.444 e. The first kappa shape index (κ1) is 19.5. The summed E-state index contributed by atoms with van der Waals surface area (Å²) in [5.74, 6) is 0.00626. The molecule has 0 aliphatic carbocycles. The summed E-state index contributed by atoms with van der Waals surface area (Å²) in [6.45, 7) is 9.39. The van der Waals surface area contributed by atoms with Crippen molar-refractivity contribution in [3.05, 3.63) is 39.9 Å². The number of hydrogen-bond acceptors (Lipinski definition) is 3. The average molecular weight is 409 g/mol. The molecule has 1 saturated heterocycles. The molecule has 0 radical (unpaired) electrons. The number of piperazine rings is 1. The number of hydrogen-bond donors (Lipinski definition) is 0. The highest BCUT2D eigenvalue weighted by Crippen LogP contribution is 2.16. The van der Waals surface area contributed by atoms with Crippen molar-refractivity contribution in [2.75, 3.05) is 26.2 Å². The Morgan fingerprint density at radius 3 is 2.08 bits per heavy atom. The molecule has 25 heavy (non-hydrogen) atoms. The highest BCUT2D eigenvalue weighted by atomic mass is 79.9. The van der Waals surface area contributed by atoms with Gasteiger partial charge in [0.05, 0.1) is 0 Å². The number of ether oxygens (including phenoxy) is 1. The van der Waals surface area contributed by atoms with Crippen LogP contribution in [0.3, 0.4) is 0 Å². The van der Waals surface area contributed by atoms with Gasteiger partial charge in [0.2, 0.25) is 5.91 Å². The van der Waals surface area contributed by atoms with Gasteiger partial charge in [-0.05, 0) is 51.5 Å². The Balaban J connectivity index is 1.92. The summed E-state index contributed by atoms with van der Waals surface area (Å²) >= 11 is 3.40. The Morgan fingerprint density at radius 1 is 1.04 bits per heavy atom. The van der Waals surface area contributed by atoms with Crippen molar-refractivity contribution in [3.8, 4) is 0 Å². The van der Waals surface area contributed by atoms with Crippen molar-refractivity contribution in [3.63, 3.8) is 0 Å². The molecule has 1 aromatic rings. The molecule has 1 heterocycles. The van der Waals surface area contributed by atoms with Crippen molar-refractivity contribution < 1.29 is 14.3 Å². The van der Waals surface area contributed by atoms with Crippen molar-refractivity contribution in [1.82, 2.24) is 9.80 Å². The molecule has 6 heteroatoms. The Hall–Kier alpha value is -1.82. The number of amides is 2. The van der Waals surface area contributed by atoms with E-state index >= 15 is 0 Å². The second-order valence-corrected chi connectivity index (χ2v) is 8.05. The molecule has 0 bridgehead atoms. The summed E-state index contributed by atoms with van der Waals surface area (Å²) in [7, 11) is 0. The van der Waals surface area contributed by atoms with Gasteiger partial charge in [-0.15, -0.1) is 0 Å². The minimum absolute atomic E-state index is 0.00626. The third kappa shape index (κ3) is 5.88. The van der Waals surface area contributed by atoms with Gasteiger partial charge < -0.3 is 14.5 Å². The van der Waals surface area contributed by atoms with Gasteiger partial charge >= 0.3 is 6.09 Å². The van der Waals surface area contributed by atoms with Gasteiger partial charge in [0.15, 0.2) is 0 Å². The van der Waals surface area contributed by atoms with E-state index in [9.17, 15) is 9.59 Å². The zero-order valence-electron chi connectivity index (χ0n) is 15.2. The predicted octanol–water partition coefficient (Wildman–Crippen LogP) is 3.93. The van der Waals surface area contributed by atoms with Gasteiger partial charge in [-0.1, -0.05) is 28.1 Å². The van der Waals surface area contributed by atoms with Crippen LogP contribution in [0.15, 0.2) is 34.3 Å². The summed E-state index contributed by atoms with van der Waals surface area (Å²) in [5.41, 5.74) is 1.17. The summed E-state index contributed by atoms with van der Waals surface area (Å²) in [5, 5.41) is 0. The molecule has 0 saturated carbocycles. The van der Waals surface area contributed by atoms with Gasteiger partial charge in [-0.25, -0.2) is 4.79 Å². The molecule has 1 aliphatic heterocycles. The van der Waals surface area contributed by atoms with E-state index in [2.05, 4.69) is 15.9 Å². The number of carbonyl (C=O) groups excluding carboxylic acids is 2. The van der Waals surface area contributed by atoms with Crippen LogP contribution in [0.25, 0.3) is 6.08 Å². The van der Waals surface area contributed by atoms with Gasteiger partial charge in [-0.3, -0.25) is 4.79 Å². The lowest BCUT2D eigenvalue weighted by atomic mass is 10.1. The first-order valence-corrected chi connectivity index (χ1v) is 9.16. The molecule has 0 N–H and O–H groups in total. The second-order valence-electron chi connectivity index (χ2n) is 7.14. The topological polar surface area (TPSA) is 49.9 Å². The van der Waals surface area contributed by atoms with Crippen LogP contribution in [0.5, 0.6) is 0 Å². The number of rotatable bonds is 2. The van der Waals surface area contributed by atoms with Crippen LogP contribution in [0.4, 0.5) is 4.79 Å². The predicted molar refractivity (Wildman–Crippen MR) is 102 cm³/mol. The van der Waals surface area contributed by atoms with E-state index in [1.165, 1.54) is 0 Å². The highest BCUT2D eigenvalue weighted by molar-refractivity contribution is 9.10. The first-order valence-electron chi connectivity index (χ1n) is 8.37. The summed E-state index contributed by atoms with van der Waals surface area (Å²) in [6, 6.07) is 7.81. The highest BCUT2D eigenvalue weighted by Gasteiger charge is 2.27. The lowest BCUT2D eigenvalue weighted by Gasteiger charge is -2.35. The van der Waals surface area contributed by atoms with Crippen LogP contribution >= 0.6 is 15.9 Å². The van der Waals surface area contributed by atoms with E-state index in [4.69, 9.17) is 4.74 Å². The van der Waals surface area contributed by atoms with Crippen LogP contribution in [0.1, 0.15) is 33.3 Å². The molecule has 1 aliphatic rings. The van der Waals surface area contributed by atoms with E-state index in [1.54, 1.807) is 9.80 Å². The molecule has 0 spiro atoms. The molecule has 2 amide bonds. The molecular formula is C19H25BrN2O3. The fourth-order valence-electron chi connectivity index (χ4n) is 2.54. The average Bonchev–Trinajstić information content (AvgIpc) is 2.55. The van der Waals surface area contributed by atoms with E-state index in [0.717, 1.165) is 10.0 Å². The van der Waals surface area contributed by atoms with Gasteiger partial charge in [0.25, 0.3) is 0 Å². The largest absolute Gasteiger partial charge is 0.444 e. The molecule has 1 aromatic carbocycles. The van der Waals surface area contributed by atoms with Gasteiger partial charge in [-0.2, -0.15) is 0 Å². The van der Waals surface area contributed by atoms with Crippen LogP contribution in [0.2, 0.25) is 0 Å². The van der Waals surface area contributed by atoms with Crippen LogP contribution in [-0.2, 0) is 9.53 Å². The Kier molecular flexibility index (Phi) is 6.27. The maximum atomic E-state index is 12.6. The Labute approximate surface area is 157 Å². The van der Waals surface area contributed by atoms with Crippen molar-refractivity contribution in [2.24, 2.45) is 0 Å².